The lowest BCUT2D eigenvalue weighted by molar-refractivity contribution is 0.254. The Morgan fingerprint density at radius 1 is 1.50 bits per heavy atom. The Kier molecular flexibility index (Phi) is 6.73. The van der Waals surface area contributed by atoms with Crippen molar-refractivity contribution >= 4 is 15.9 Å². The minimum absolute atomic E-state index is 0.136. The fourth-order valence-corrected chi connectivity index (χ4v) is 1.16. The Balaban J connectivity index is 3.74. The highest BCUT2D eigenvalue weighted by Crippen LogP contribution is 2.16. The van der Waals surface area contributed by atoms with Gasteiger partial charge in [-0.2, -0.15) is 0 Å². The standard InChI is InChI=1S/C10H18BrF/c1-8(2)10(12)7-9(3)5-4-6-11/h5,8,10H,4,6-7H2,1-3H3. The predicted molar refractivity (Wildman–Crippen MR) is 56.5 cm³/mol. The second-order valence-corrected chi connectivity index (χ2v) is 4.29. The van der Waals surface area contributed by atoms with Gasteiger partial charge in [0.2, 0.25) is 0 Å². The molecule has 0 saturated carbocycles. The van der Waals surface area contributed by atoms with Gasteiger partial charge in [-0.1, -0.05) is 41.4 Å². The molecule has 0 fully saturated rings. The van der Waals surface area contributed by atoms with Gasteiger partial charge in [-0.25, -0.2) is 4.39 Å². The van der Waals surface area contributed by atoms with Gasteiger partial charge < -0.3 is 0 Å². The third-order valence-electron chi connectivity index (χ3n) is 1.84. The number of rotatable bonds is 5. The van der Waals surface area contributed by atoms with Crippen LogP contribution in [0, 0.1) is 5.92 Å². The zero-order valence-corrected chi connectivity index (χ0v) is 9.70. The average molecular weight is 237 g/mol. The first-order valence-electron chi connectivity index (χ1n) is 4.43. The first-order chi connectivity index (χ1) is 5.57. The smallest absolute Gasteiger partial charge is 0.106 e. The largest absolute Gasteiger partial charge is 0.247 e. The second kappa shape index (κ2) is 6.64. The van der Waals surface area contributed by atoms with Gasteiger partial charge in [0.05, 0.1) is 0 Å². The Bertz CT molecular complexity index is 141. The molecule has 0 bridgehead atoms. The lowest BCUT2D eigenvalue weighted by Crippen LogP contribution is -2.09. The van der Waals surface area contributed by atoms with Gasteiger partial charge in [-0.05, 0) is 25.7 Å². The zero-order chi connectivity index (χ0) is 9.56. The summed E-state index contributed by atoms with van der Waals surface area (Å²) < 4.78 is 13.2. The highest BCUT2D eigenvalue weighted by molar-refractivity contribution is 9.09. The molecule has 0 saturated heterocycles. The van der Waals surface area contributed by atoms with E-state index in [1.807, 2.05) is 20.8 Å². The zero-order valence-electron chi connectivity index (χ0n) is 8.11. The van der Waals surface area contributed by atoms with E-state index in [0.717, 1.165) is 17.3 Å². The molecule has 0 aromatic heterocycles. The summed E-state index contributed by atoms with van der Waals surface area (Å²) in [6.45, 7) is 5.84. The van der Waals surface area contributed by atoms with E-state index in [9.17, 15) is 4.39 Å². The Hall–Kier alpha value is 0.150. The fraction of sp³-hybridized carbons (Fsp3) is 0.800. The molecule has 1 unspecified atom stereocenters. The molecule has 0 N–H and O–H groups in total. The van der Waals surface area contributed by atoms with Crippen molar-refractivity contribution in [3.8, 4) is 0 Å². The summed E-state index contributed by atoms with van der Waals surface area (Å²) in [6, 6.07) is 0. The lowest BCUT2D eigenvalue weighted by Gasteiger charge is -2.11. The molecule has 1 atom stereocenters. The van der Waals surface area contributed by atoms with Crippen LogP contribution in [-0.2, 0) is 0 Å². The molecule has 0 aliphatic heterocycles. The van der Waals surface area contributed by atoms with Gasteiger partial charge in [0, 0.05) is 5.33 Å². The van der Waals surface area contributed by atoms with Crippen molar-refractivity contribution in [1.82, 2.24) is 0 Å². The summed E-state index contributed by atoms with van der Waals surface area (Å²) >= 11 is 3.33. The molecule has 0 amide bonds. The molecule has 0 aliphatic rings. The van der Waals surface area contributed by atoms with E-state index in [1.165, 1.54) is 0 Å². The van der Waals surface area contributed by atoms with Crippen molar-refractivity contribution in [2.45, 2.75) is 39.8 Å². The van der Waals surface area contributed by atoms with Crippen molar-refractivity contribution in [3.05, 3.63) is 11.6 Å². The summed E-state index contributed by atoms with van der Waals surface area (Å²) in [7, 11) is 0. The van der Waals surface area contributed by atoms with Crippen LogP contribution in [0.15, 0.2) is 11.6 Å². The molecule has 0 aliphatic carbocycles. The maximum atomic E-state index is 13.2. The van der Waals surface area contributed by atoms with Crippen LogP contribution < -0.4 is 0 Å². The van der Waals surface area contributed by atoms with Gasteiger partial charge in [0.1, 0.15) is 6.17 Å². The molecule has 0 aromatic rings. The van der Waals surface area contributed by atoms with Crippen molar-refractivity contribution in [2.75, 3.05) is 5.33 Å². The number of hydrogen-bond donors (Lipinski definition) is 0. The molecular formula is C10H18BrF. The molecule has 2 heteroatoms. The summed E-state index contributed by atoms with van der Waals surface area (Å²) in [5, 5.41) is 0.961. The van der Waals surface area contributed by atoms with Crippen LogP contribution in [0.4, 0.5) is 4.39 Å². The average Bonchev–Trinajstić information content (AvgIpc) is 2.00. The third-order valence-corrected chi connectivity index (χ3v) is 2.30. The van der Waals surface area contributed by atoms with Gasteiger partial charge in [-0.3, -0.25) is 0 Å². The van der Waals surface area contributed by atoms with Gasteiger partial charge in [0.15, 0.2) is 0 Å². The van der Waals surface area contributed by atoms with Crippen LogP contribution in [0.3, 0.4) is 0 Å². The quantitative estimate of drug-likeness (QED) is 0.498. The highest BCUT2D eigenvalue weighted by atomic mass is 79.9. The third kappa shape index (κ3) is 5.76. The lowest BCUT2D eigenvalue weighted by atomic mass is 10.0. The predicted octanol–water partition coefficient (Wildman–Crippen LogP) is 4.10. The van der Waals surface area contributed by atoms with Crippen molar-refractivity contribution in [3.63, 3.8) is 0 Å². The van der Waals surface area contributed by atoms with E-state index in [-0.39, 0.29) is 5.92 Å². The second-order valence-electron chi connectivity index (χ2n) is 3.49. The van der Waals surface area contributed by atoms with Crippen LogP contribution in [0.25, 0.3) is 0 Å². The molecule has 72 valence electrons. The summed E-state index contributed by atoms with van der Waals surface area (Å²) in [5.41, 5.74) is 1.16. The minimum atomic E-state index is -0.684. The summed E-state index contributed by atoms with van der Waals surface area (Å²) in [5.74, 6) is 0.136. The SMILES string of the molecule is CC(=CCCBr)CC(F)C(C)C. The van der Waals surface area contributed by atoms with Crippen molar-refractivity contribution in [1.29, 1.82) is 0 Å². The normalized spacial score (nSPS) is 15.3. The number of halogens is 2. The van der Waals surface area contributed by atoms with Gasteiger partial charge in [-0.15, -0.1) is 0 Å². The monoisotopic (exact) mass is 236 g/mol. The Labute approximate surface area is 83.4 Å². The summed E-state index contributed by atoms with van der Waals surface area (Å²) in [6.07, 6.45) is 3.00. The van der Waals surface area contributed by atoms with E-state index in [1.54, 1.807) is 0 Å². The highest BCUT2D eigenvalue weighted by Gasteiger charge is 2.11. The molecule has 0 aromatic carbocycles. The topological polar surface area (TPSA) is 0 Å². The van der Waals surface area contributed by atoms with Crippen LogP contribution in [-0.4, -0.2) is 11.5 Å². The first kappa shape index (κ1) is 12.2. The Morgan fingerprint density at radius 2 is 2.08 bits per heavy atom. The van der Waals surface area contributed by atoms with E-state index in [4.69, 9.17) is 0 Å². The molecule has 0 nitrogen and oxygen atoms in total. The van der Waals surface area contributed by atoms with Gasteiger partial charge >= 0.3 is 0 Å². The number of alkyl halides is 2. The van der Waals surface area contributed by atoms with Crippen LogP contribution in [0.1, 0.15) is 33.6 Å². The minimum Gasteiger partial charge on any atom is -0.247 e. The summed E-state index contributed by atoms with van der Waals surface area (Å²) in [4.78, 5) is 0. The molecule has 0 rings (SSSR count). The van der Waals surface area contributed by atoms with Crippen molar-refractivity contribution < 1.29 is 4.39 Å². The Morgan fingerprint density at radius 3 is 2.50 bits per heavy atom. The van der Waals surface area contributed by atoms with Gasteiger partial charge in [0.25, 0.3) is 0 Å². The van der Waals surface area contributed by atoms with E-state index in [2.05, 4.69) is 22.0 Å². The molecular weight excluding hydrogens is 219 g/mol. The van der Waals surface area contributed by atoms with E-state index < -0.39 is 6.17 Å². The maximum Gasteiger partial charge on any atom is 0.106 e. The van der Waals surface area contributed by atoms with Crippen LogP contribution in [0.2, 0.25) is 0 Å². The van der Waals surface area contributed by atoms with Crippen molar-refractivity contribution in [2.24, 2.45) is 5.92 Å². The molecule has 0 heterocycles. The van der Waals surface area contributed by atoms with E-state index >= 15 is 0 Å². The van der Waals surface area contributed by atoms with E-state index in [0.29, 0.717) is 6.42 Å². The first-order valence-corrected chi connectivity index (χ1v) is 5.55. The fourth-order valence-electron chi connectivity index (χ4n) is 0.928. The number of hydrogen-bond acceptors (Lipinski definition) is 0. The number of allylic oxidation sites excluding steroid dienone is 2. The molecule has 0 radical (unpaired) electrons. The van der Waals surface area contributed by atoms with Crippen LogP contribution in [0.5, 0.6) is 0 Å². The van der Waals surface area contributed by atoms with Crippen LogP contribution >= 0.6 is 15.9 Å². The molecule has 12 heavy (non-hydrogen) atoms. The molecule has 0 spiro atoms. The maximum absolute atomic E-state index is 13.2.